The average molecular weight is 360 g/mol. The molecule has 1 N–H and O–H groups in total. The number of aromatic nitrogens is 5. The van der Waals surface area contributed by atoms with Gasteiger partial charge in [-0.3, -0.25) is 4.40 Å². The van der Waals surface area contributed by atoms with E-state index in [-0.39, 0.29) is 11.7 Å². The predicted molar refractivity (Wildman–Crippen MR) is 89.9 cm³/mol. The van der Waals surface area contributed by atoms with Gasteiger partial charge in [-0.05, 0) is 26.0 Å². The minimum Gasteiger partial charge on any atom is -0.618 e. The third-order valence-electron chi connectivity index (χ3n) is 4.01. The van der Waals surface area contributed by atoms with Crippen molar-refractivity contribution in [1.29, 1.82) is 0 Å². The molecule has 25 heavy (non-hydrogen) atoms. The Labute approximate surface area is 146 Å². The fourth-order valence-corrected chi connectivity index (χ4v) is 2.91. The molecule has 0 bridgehead atoms. The van der Waals surface area contributed by atoms with E-state index in [0.717, 1.165) is 4.73 Å². The second kappa shape index (κ2) is 5.14. The first-order chi connectivity index (χ1) is 11.8. The van der Waals surface area contributed by atoms with Crippen LogP contribution in [0.2, 0.25) is 5.02 Å². The maximum atomic E-state index is 12.7. The molecular formula is C16H14ClN5O3. The summed E-state index contributed by atoms with van der Waals surface area (Å²) in [5.74, 6) is 0.278. The zero-order chi connectivity index (χ0) is 17.9. The Morgan fingerprint density at radius 3 is 2.80 bits per heavy atom. The summed E-state index contributed by atoms with van der Waals surface area (Å²) >= 11 is 6.01. The Bertz CT molecular complexity index is 1130. The van der Waals surface area contributed by atoms with E-state index >= 15 is 0 Å². The van der Waals surface area contributed by atoms with Gasteiger partial charge in [-0.1, -0.05) is 16.8 Å². The number of aryl methyl sites for hydroxylation is 1. The second-order valence-corrected chi connectivity index (χ2v) is 6.74. The highest BCUT2D eigenvalue weighted by Crippen LogP contribution is 2.28. The smallest absolute Gasteiger partial charge is 0.279 e. The molecule has 0 atom stereocenters. The highest BCUT2D eigenvalue weighted by molar-refractivity contribution is 6.31. The molecule has 0 aliphatic heterocycles. The number of hydrogen-bond acceptors (Lipinski definition) is 6. The number of rotatable bonds is 2. The van der Waals surface area contributed by atoms with Crippen LogP contribution in [-0.4, -0.2) is 24.6 Å². The molecule has 0 unspecified atom stereocenters. The van der Waals surface area contributed by atoms with Crippen molar-refractivity contribution in [1.82, 2.24) is 19.5 Å². The Hall–Kier alpha value is -2.71. The largest absolute Gasteiger partial charge is 0.618 e. The summed E-state index contributed by atoms with van der Waals surface area (Å²) < 4.78 is 7.82. The minimum atomic E-state index is -1.24. The van der Waals surface area contributed by atoms with E-state index in [4.69, 9.17) is 16.1 Å². The third kappa shape index (κ3) is 2.33. The first-order valence-electron chi connectivity index (χ1n) is 7.53. The van der Waals surface area contributed by atoms with Crippen LogP contribution in [0.3, 0.4) is 0 Å². The van der Waals surface area contributed by atoms with Gasteiger partial charge in [0.1, 0.15) is 23.0 Å². The Balaban J connectivity index is 2.03. The van der Waals surface area contributed by atoms with Gasteiger partial charge in [0, 0.05) is 18.0 Å². The van der Waals surface area contributed by atoms with Crippen molar-refractivity contribution in [3.05, 3.63) is 46.3 Å². The molecule has 8 nitrogen and oxygen atoms in total. The molecule has 4 rings (SSSR count). The molecular weight excluding hydrogens is 346 g/mol. The minimum absolute atomic E-state index is 0.135. The van der Waals surface area contributed by atoms with Crippen LogP contribution in [0.5, 0.6) is 0 Å². The molecule has 0 spiro atoms. The highest BCUT2D eigenvalue weighted by atomic mass is 35.5. The number of hydrogen-bond donors (Lipinski definition) is 1. The van der Waals surface area contributed by atoms with Crippen molar-refractivity contribution < 1.29 is 14.4 Å². The number of aliphatic hydroxyl groups is 1. The lowest BCUT2D eigenvalue weighted by Gasteiger charge is -2.10. The molecule has 128 valence electrons. The topological polar surface area (TPSA) is 103 Å². The molecule has 1 aromatic carbocycles. The van der Waals surface area contributed by atoms with Crippen LogP contribution in [0.15, 0.2) is 29.0 Å². The van der Waals surface area contributed by atoms with Crippen LogP contribution in [0, 0.1) is 12.1 Å². The van der Waals surface area contributed by atoms with Gasteiger partial charge < -0.3 is 14.8 Å². The third-order valence-corrected chi connectivity index (χ3v) is 4.24. The first-order valence-corrected chi connectivity index (χ1v) is 7.90. The zero-order valence-electron chi connectivity index (χ0n) is 13.7. The Kier molecular flexibility index (Phi) is 3.25. The van der Waals surface area contributed by atoms with Crippen molar-refractivity contribution in [3.8, 4) is 11.6 Å². The van der Waals surface area contributed by atoms with E-state index in [9.17, 15) is 10.3 Å². The summed E-state index contributed by atoms with van der Waals surface area (Å²) in [5, 5.41) is 26.9. The first kappa shape index (κ1) is 15.8. The van der Waals surface area contributed by atoms with Crippen molar-refractivity contribution >= 4 is 28.2 Å². The summed E-state index contributed by atoms with van der Waals surface area (Å²) in [4.78, 5) is 8.54. The molecule has 4 aromatic rings. The number of nitrogens with zero attached hydrogens (tertiary/aromatic N) is 5. The fraction of sp³-hybridized carbons (Fsp3) is 0.250. The summed E-state index contributed by atoms with van der Waals surface area (Å²) in [7, 11) is 0. The maximum absolute atomic E-state index is 12.7. The molecule has 0 aliphatic carbocycles. The van der Waals surface area contributed by atoms with E-state index in [1.807, 2.05) is 0 Å². The van der Waals surface area contributed by atoms with E-state index in [0.29, 0.717) is 33.0 Å². The summed E-state index contributed by atoms with van der Waals surface area (Å²) in [6.45, 7) is 4.79. The number of benzene rings is 1. The van der Waals surface area contributed by atoms with Crippen LogP contribution in [0.25, 0.3) is 28.1 Å². The molecule has 0 saturated carbocycles. The van der Waals surface area contributed by atoms with Crippen molar-refractivity contribution in [2.75, 3.05) is 0 Å². The van der Waals surface area contributed by atoms with Gasteiger partial charge in [0.15, 0.2) is 5.69 Å². The van der Waals surface area contributed by atoms with Gasteiger partial charge in [0.05, 0.1) is 0 Å². The van der Waals surface area contributed by atoms with Gasteiger partial charge in [-0.2, -0.15) is 9.71 Å². The van der Waals surface area contributed by atoms with Crippen LogP contribution in [-0.2, 0) is 5.60 Å². The number of halogens is 1. The van der Waals surface area contributed by atoms with Crippen LogP contribution in [0.1, 0.15) is 25.4 Å². The quantitative estimate of drug-likeness (QED) is 0.435. The molecule has 0 saturated heterocycles. The summed E-state index contributed by atoms with van der Waals surface area (Å²) in [6.07, 6.45) is 1.59. The van der Waals surface area contributed by atoms with E-state index in [1.54, 1.807) is 49.7 Å². The maximum Gasteiger partial charge on any atom is 0.279 e. The SMILES string of the molecule is Cc1c2c(-c3nc(C(C)(C)O)no3)ncn2c2ccc(Cl)cc2[n+]1[O-]. The monoisotopic (exact) mass is 359 g/mol. The van der Waals surface area contributed by atoms with E-state index < -0.39 is 5.60 Å². The van der Waals surface area contributed by atoms with Gasteiger partial charge >= 0.3 is 0 Å². The van der Waals surface area contributed by atoms with Crippen LogP contribution >= 0.6 is 11.6 Å². The number of fused-ring (bicyclic) bond motifs is 3. The fourth-order valence-electron chi connectivity index (χ4n) is 2.74. The standard InChI is InChI=1S/C16H14ClN5O3/c1-8-13-12(14-19-15(20-25-14)16(2,3)23)18-7-21(13)10-5-4-9(17)6-11(10)22(8)24/h4-7,23H,1-3H3. The van der Waals surface area contributed by atoms with Crippen molar-refractivity contribution in [2.24, 2.45) is 0 Å². The number of imidazole rings is 1. The van der Waals surface area contributed by atoms with Gasteiger partial charge in [0.25, 0.3) is 5.89 Å². The predicted octanol–water partition coefficient (Wildman–Crippen LogP) is 2.36. The lowest BCUT2D eigenvalue weighted by molar-refractivity contribution is -0.583. The molecule has 0 aliphatic rings. The lowest BCUT2D eigenvalue weighted by Crippen LogP contribution is -2.32. The van der Waals surface area contributed by atoms with Crippen LogP contribution in [0.4, 0.5) is 0 Å². The Morgan fingerprint density at radius 2 is 2.12 bits per heavy atom. The van der Waals surface area contributed by atoms with E-state index in [2.05, 4.69) is 15.1 Å². The summed E-state index contributed by atoms with van der Waals surface area (Å²) in [5.41, 5.74) is 1.20. The summed E-state index contributed by atoms with van der Waals surface area (Å²) in [6, 6.07) is 5.06. The van der Waals surface area contributed by atoms with Crippen molar-refractivity contribution in [2.45, 2.75) is 26.4 Å². The second-order valence-electron chi connectivity index (χ2n) is 6.31. The highest BCUT2D eigenvalue weighted by Gasteiger charge is 2.27. The van der Waals surface area contributed by atoms with Crippen molar-refractivity contribution in [3.63, 3.8) is 0 Å². The van der Waals surface area contributed by atoms with Crippen LogP contribution < -0.4 is 4.73 Å². The zero-order valence-corrected chi connectivity index (χ0v) is 14.4. The molecule has 0 radical (unpaired) electrons. The van der Waals surface area contributed by atoms with E-state index in [1.165, 1.54) is 0 Å². The Morgan fingerprint density at radius 1 is 1.36 bits per heavy atom. The normalized spacial score (nSPS) is 12.4. The van der Waals surface area contributed by atoms with Gasteiger partial charge in [-0.25, -0.2) is 4.98 Å². The molecule has 9 heteroatoms. The molecule has 3 heterocycles. The lowest BCUT2D eigenvalue weighted by atomic mass is 10.1. The average Bonchev–Trinajstić information content (AvgIpc) is 3.18. The molecule has 3 aromatic heterocycles. The van der Waals surface area contributed by atoms with Gasteiger partial charge in [0.2, 0.25) is 17.0 Å². The molecule has 0 amide bonds. The molecule has 0 fully saturated rings. The van der Waals surface area contributed by atoms with Gasteiger partial charge in [-0.15, -0.1) is 0 Å².